The summed E-state index contributed by atoms with van der Waals surface area (Å²) in [5.74, 6) is -0.0280. The van der Waals surface area contributed by atoms with E-state index in [9.17, 15) is 4.79 Å². The van der Waals surface area contributed by atoms with Crippen LogP contribution in [0.15, 0.2) is 36.5 Å². The number of amides is 1. The molecule has 0 saturated heterocycles. The van der Waals surface area contributed by atoms with Crippen LogP contribution in [0.4, 0.5) is 5.69 Å². The molecule has 1 amide bonds. The molecule has 0 spiro atoms. The predicted molar refractivity (Wildman–Crippen MR) is 79.4 cm³/mol. The van der Waals surface area contributed by atoms with Crippen molar-refractivity contribution in [3.8, 4) is 0 Å². The standard InChI is InChI=1S/C15H20N4O/c1-3-14-12(11-19(2)18-14)9-17-15(20)10-16-13-7-5-4-6-8-13/h4-8,11,16H,3,9-10H2,1-2H3,(H,17,20). The third-order valence-corrected chi connectivity index (χ3v) is 3.03. The zero-order chi connectivity index (χ0) is 14.4. The molecular formula is C15H20N4O. The summed E-state index contributed by atoms with van der Waals surface area (Å²) in [6, 6.07) is 9.68. The molecule has 2 N–H and O–H groups in total. The Kier molecular flexibility index (Phi) is 4.76. The van der Waals surface area contributed by atoms with Gasteiger partial charge < -0.3 is 10.6 Å². The van der Waals surface area contributed by atoms with E-state index in [1.165, 1.54) is 0 Å². The van der Waals surface area contributed by atoms with Crippen LogP contribution in [0.3, 0.4) is 0 Å². The van der Waals surface area contributed by atoms with E-state index >= 15 is 0 Å². The number of aryl methyl sites for hydroxylation is 2. The van der Waals surface area contributed by atoms with Crippen LogP contribution >= 0.6 is 0 Å². The molecule has 106 valence electrons. The summed E-state index contributed by atoms with van der Waals surface area (Å²) in [7, 11) is 1.89. The number of carbonyl (C=O) groups excluding carboxylic acids is 1. The van der Waals surface area contributed by atoms with Gasteiger partial charge in [-0.3, -0.25) is 9.48 Å². The highest BCUT2D eigenvalue weighted by molar-refractivity contribution is 5.80. The van der Waals surface area contributed by atoms with Gasteiger partial charge in [-0.25, -0.2) is 0 Å². The minimum atomic E-state index is -0.0280. The first-order valence-corrected chi connectivity index (χ1v) is 6.76. The normalized spacial score (nSPS) is 10.3. The minimum absolute atomic E-state index is 0.0280. The molecule has 5 heteroatoms. The van der Waals surface area contributed by atoms with Crippen molar-refractivity contribution in [3.05, 3.63) is 47.8 Å². The zero-order valence-electron chi connectivity index (χ0n) is 11.9. The third-order valence-electron chi connectivity index (χ3n) is 3.03. The average Bonchev–Trinajstić information content (AvgIpc) is 2.84. The van der Waals surface area contributed by atoms with Crippen molar-refractivity contribution in [3.63, 3.8) is 0 Å². The molecule has 1 aromatic carbocycles. The molecule has 0 radical (unpaired) electrons. The van der Waals surface area contributed by atoms with Gasteiger partial charge >= 0.3 is 0 Å². The second kappa shape index (κ2) is 6.75. The maximum Gasteiger partial charge on any atom is 0.239 e. The first-order chi connectivity index (χ1) is 9.69. The number of aromatic nitrogens is 2. The lowest BCUT2D eigenvalue weighted by Gasteiger charge is -2.07. The number of benzene rings is 1. The van der Waals surface area contributed by atoms with Crippen LogP contribution < -0.4 is 10.6 Å². The summed E-state index contributed by atoms with van der Waals surface area (Å²) in [5, 5.41) is 10.3. The van der Waals surface area contributed by atoms with Crippen LogP contribution in [0.5, 0.6) is 0 Å². The number of para-hydroxylation sites is 1. The number of anilines is 1. The minimum Gasteiger partial charge on any atom is -0.376 e. The molecule has 5 nitrogen and oxygen atoms in total. The van der Waals surface area contributed by atoms with Crippen LogP contribution in [0.25, 0.3) is 0 Å². The van der Waals surface area contributed by atoms with Crippen LogP contribution in [0.1, 0.15) is 18.2 Å². The number of nitrogens with zero attached hydrogens (tertiary/aromatic N) is 2. The van der Waals surface area contributed by atoms with Gasteiger partial charge in [0.1, 0.15) is 0 Å². The van der Waals surface area contributed by atoms with E-state index in [1.807, 2.05) is 43.6 Å². The van der Waals surface area contributed by atoms with Crippen molar-refractivity contribution in [1.29, 1.82) is 0 Å². The van der Waals surface area contributed by atoms with Crippen LogP contribution in [0, 0.1) is 0 Å². The SMILES string of the molecule is CCc1nn(C)cc1CNC(=O)CNc1ccccc1. The molecule has 1 aromatic heterocycles. The first-order valence-electron chi connectivity index (χ1n) is 6.76. The summed E-state index contributed by atoms with van der Waals surface area (Å²) >= 11 is 0. The smallest absolute Gasteiger partial charge is 0.239 e. The van der Waals surface area contributed by atoms with E-state index in [-0.39, 0.29) is 12.5 Å². The molecule has 0 aliphatic heterocycles. The molecular weight excluding hydrogens is 252 g/mol. The van der Waals surface area contributed by atoms with Crippen LogP contribution in [0.2, 0.25) is 0 Å². The van der Waals surface area contributed by atoms with Gasteiger partial charge in [-0.15, -0.1) is 0 Å². The maximum atomic E-state index is 11.8. The topological polar surface area (TPSA) is 59.0 Å². The van der Waals surface area contributed by atoms with Gasteiger partial charge in [-0.05, 0) is 18.6 Å². The quantitative estimate of drug-likeness (QED) is 0.841. The van der Waals surface area contributed by atoms with Gasteiger partial charge in [-0.1, -0.05) is 25.1 Å². The fraction of sp³-hybridized carbons (Fsp3) is 0.333. The molecule has 2 rings (SSSR count). The van der Waals surface area contributed by atoms with Crippen molar-refractivity contribution in [2.75, 3.05) is 11.9 Å². The van der Waals surface area contributed by atoms with E-state index in [0.717, 1.165) is 23.4 Å². The van der Waals surface area contributed by atoms with Gasteiger partial charge in [0, 0.05) is 31.0 Å². The average molecular weight is 272 g/mol. The number of hydrogen-bond donors (Lipinski definition) is 2. The van der Waals surface area contributed by atoms with Crippen molar-refractivity contribution < 1.29 is 4.79 Å². The molecule has 2 aromatic rings. The summed E-state index contributed by atoms with van der Waals surface area (Å²) in [4.78, 5) is 11.8. The summed E-state index contributed by atoms with van der Waals surface area (Å²) in [6.45, 7) is 2.85. The number of nitrogens with one attached hydrogen (secondary N) is 2. The second-order valence-corrected chi connectivity index (χ2v) is 4.62. The van der Waals surface area contributed by atoms with E-state index in [4.69, 9.17) is 0 Å². The Morgan fingerprint density at radius 3 is 2.75 bits per heavy atom. The van der Waals surface area contributed by atoms with Gasteiger partial charge in [0.2, 0.25) is 5.91 Å². The highest BCUT2D eigenvalue weighted by Crippen LogP contribution is 2.07. The number of rotatable bonds is 6. The van der Waals surface area contributed by atoms with E-state index in [2.05, 4.69) is 22.7 Å². The lowest BCUT2D eigenvalue weighted by atomic mass is 10.2. The molecule has 0 unspecified atom stereocenters. The number of carbonyl (C=O) groups is 1. The predicted octanol–water partition coefficient (Wildman–Crippen LogP) is 1.71. The van der Waals surface area contributed by atoms with E-state index in [1.54, 1.807) is 4.68 Å². The van der Waals surface area contributed by atoms with Crippen molar-refractivity contribution >= 4 is 11.6 Å². The monoisotopic (exact) mass is 272 g/mol. The van der Waals surface area contributed by atoms with Crippen LogP contribution in [-0.2, 0) is 24.8 Å². The Labute approximate surface area is 119 Å². The maximum absolute atomic E-state index is 11.8. The summed E-state index contributed by atoms with van der Waals surface area (Å²) in [5.41, 5.74) is 3.05. The fourth-order valence-corrected chi connectivity index (χ4v) is 2.02. The van der Waals surface area contributed by atoms with E-state index in [0.29, 0.717) is 6.54 Å². The zero-order valence-corrected chi connectivity index (χ0v) is 11.9. The Hall–Kier alpha value is -2.30. The van der Waals surface area contributed by atoms with Gasteiger partial charge in [0.25, 0.3) is 0 Å². The van der Waals surface area contributed by atoms with E-state index < -0.39 is 0 Å². The lowest BCUT2D eigenvalue weighted by Crippen LogP contribution is -2.29. The van der Waals surface area contributed by atoms with Crippen molar-refractivity contribution in [2.24, 2.45) is 7.05 Å². The molecule has 0 atom stereocenters. The van der Waals surface area contributed by atoms with Gasteiger partial charge in [-0.2, -0.15) is 5.10 Å². The van der Waals surface area contributed by atoms with Crippen LogP contribution in [-0.4, -0.2) is 22.2 Å². The second-order valence-electron chi connectivity index (χ2n) is 4.62. The summed E-state index contributed by atoms with van der Waals surface area (Å²) < 4.78 is 1.78. The van der Waals surface area contributed by atoms with Gasteiger partial charge in [0.05, 0.1) is 12.2 Å². The summed E-state index contributed by atoms with van der Waals surface area (Å²) in [6.07, 6.45) is 2.82. The molecule has 0 aliphatic rings. The molecule has 20 heavy (non-hydrogen) atoms. The highest BCUT2D eigenvalue weighted by atomic mass is 16.1. The Morgan fingerprint density at radius 2 is 2.05 bits per heavy atom. The molecule has 0 saturated carbocycles. The first kappa shape index (κ1) is 14.1. The van der Waals surface area contributed by atoms with Crippen molar-refractivity contribution in [2.45, 2.75) is 19.9 Å². The van der Waals surface area contributed by atoms with Gasteiger partial charge in [0.15, 0.2) is 0 Å². The molecule has 0 aliphatic carbocycles. The Morgan fingerprint density at radius 1 is 1.30 bits per heavy atom. The molecule has 0 bridgehead atoms. The Balaban J connectivity index is 1.80. The fourth-order valence-electron chi connectivity index (χ4n) is 2.02. The molecule has 0 fully saturated rings. The third kappa shape index (κ3) is 3.85. The molecule has 1 heterocycles. The highest BCUT2D eigenvalue weighted by Gasteiger charge is 2.07. The lowest BCUT2D eigenvalue weighted by molar-refractivity contribution is -0.119. The largest absolute Gasteiger partial charge is 0.376 e. The number of hydrogen-bond acceptors (Lipinski definition) is 3. The Bertz CT molecular complexity index is 563. The van der Waals surface area contributed by atoms with Crippen molar-refractivity contribution in [1.82, 2.24) is 15.1 Å².